The standard InChI is InChI=1S/C7H12N2O4S/c10-7-9(4-5-13-7)14(11,12)8-6-2-1-3-6/h6,8H,1-5H2. The number of carbonyl (C=O) groups is 1. The Balaban J connectivity index is 2.03. The zero-order chi connectivity index (χ0) is 10.2. The minimum atomic E-state index is -3.66. The summed E-state index contributed by atoms with van der Waals surface area (Å²) in [6, 6.07) is -0.00611. The van der Waals surface area contributed by atoms with E-state index >= 15 is 0 Å². The number of rotatable bonds is 3. The van der Waals surface area contributed by atoms with Crippen molar-refractivity contribution < 1.29 is 17.9 Å². The summed E-state index contributed by atoms with van der Waals surface area (Å²) in [5.41, 5.74) is 0. The molecule has 1 aliphatic carbocycles. The second kappa shape index (κ2) is 3.39. The van der Waals surface area contributed by atoms with Crippen LogP contribution in [0.5, 0.6) is 0 Å². The highest BCUT2D eigenvalue weighted by Gasteiger charge is 2.35. The number of ether oxygens (including phenoxy) is 1. The topological polar surface area (TPSA) is 75.7 Å². The second-order valence-corrected chi connectivity index (χ2v) is 5.06. The predicted octanol–water partition coefficient (Wildman–Crippen LogP) is -0.175. The molecule has 1 saturated heterocycles. The molecule has 2 aliphatic rings. The van der Waals surface area contributed by atoms with Crippen LogP contribution in [0.4, 0.5) is 4.79 Å². The highest BCUT2D eigenvalue weighted by molar-refractivity contribution is 7.87. The SMILES string of the molecule is O=C1OCCN1S(=O)(=O)NC1CCC1. The van der Waals surface area contributed by atoms with Gasteiger partial charge in [0.25, 0.3) is 0 Å². The van der Waals surface area contributed by atoms with Gasteiger partial charge in [-0.25, -0.2) is 4.79 Å². The van der Waals surface area contributed by atoms with Gasteiger partial charge in [0.15, 0.2) is 0 Å². The lowest BCUT2D eigenvalue weighted by Gasteiger charge is -2.27. The molecular formula is C7H12N2O4S. The van der Waals surface area contributed by atoms with Crippen molar-refractivity contribution in [1.29, 1.82) is 0 Å². The monoisotopic (exact) mass is 220 g/mol. The molecule has 1 saturated carbocycles. The highest BCUT2D eigenvalue weighted by atomic mass is 32.2. The van der Waals surface area contributed by atoms with Gasteiger partial charge in [-0.1, -0.05) is 6.42 Å². The molecule has 0 spiro atoms. The molecule has 7 heteroatoms. The lowest BCUT2D eigenvalue weighted by molar-refractivity contribution is 0.169. The van der Waals surface area contributed by atoms with Crippen LogP contribution in [-0.4, -0.2) is 38.0 Å². The Morgan fingerprint density at radius 3 is 2.57 bits per heavy atom. The van der Waals surface area contributed by atoms with Crippen LogP contribution >= 0.6 is 0 Å². The lowest BCUT2D eigenvalue weighted by Crippen LogP contribution is -2.48. The van der Waals surface area contributed by atoms with E-state index in [1.165, 1.54) is 0 Å². The molecule has 14 heavy (non-hydrogen) atoms. The molecule has 1 heterocycles. The molecule has 1 amide bonds. The van der Waals surface area contributed by atoms with Crippen LogP contribution in [0.15, 0.2) is 0 Å². The summed E-state index contributed by atoms with van der Waals surface area (Å²) >= 11 is 0. The third kappa shape index (κ3) is 1.69. The summed E-state index contributed by atoms with van der Waals surface area (Å²) in [5.74, 6) is 0. The van der Waals surface area contributed by atoms with Crippen molar-refractivity contribution in [2.75, 3.05) is 13.2 Å². The maximum Gasteiger partial charge on any atom is 0.424 e. The third-order valence-corrected chi connectivity index (χ3v) is 3.98. The van der Waals surface area contributed by atoms with E-state index in [1.807, 2.05) is 0 Å². The summed E-state index contributed by atoms with van der Waals surface area (Å²) in [7, 11) is -3.66. The smallest absolute Gasteiger partial charge is 0.424 e. The van der Waals surface area contributed by atoms with Crippen LogP contribution in [0.25, 0.3) is 0 Å². The van der Waals surface area contributed by atoms with Gasteiger partial charge in [0.05, 0.1) is 6.54 Å². The second-order valence-electron chi connectivity index (χ2n) is 3.44. The Hall–Kier alpha value is -0.820. The fraction of sp³-hybridized carbons (Fsp3) is 0.857. The first kappa shape index (κ1) is 9.72. The molecule has 2 fully saturated rings. The minimum Gasteiger partial charge on any atom is -0.447 e. The van der Waals surface area contributed by atoms with Gasteiger partial charge in [0.1, 0.15) is 6.61 Å². The van der Waals surface area contributed by atoms with Gasteiger partial charge in [-0.3, -0.25) is 0 Å². The van der Waals surface area contributed by atoms with Gasteiger partial charge < -0.3 is 4.74 Å². The molecule has 2 rings (SSSR count). The molecule has 0 atom stereocenters. The van der Waals surface area contributed by atoms with E-state index in [2.05, 4.69) is 9.46 Å². The number of hydrogen-bond acceptors (Lipinski definition) is 4. The van der Waals surface area contributed by atoms with Crippen molar-refractivity contribution in [3.05, 3.63) is 0 Å². The largest absolute Gasteiger partial charge is 0.447 e. The Morgan fingerprint density at radius 1 is 1.43 bits per heavy atom. The highest BCUT2D eigenvalue weighted by Crippen LogP contribution is 2.20. The number of nitrogens with zero attached hydrogens (tertiary/aromatic N) is 1. The van der Waals surface area contributed by atoms with Crippen LogP contribution in [0.2, 0.25) is 0 Å². The predicted molar refractivity (Wildman–Crippen MR) is 47.7 cm³/mol. The number of hydrogen-bond donors (Lipinski definition) is 1. The average Bonchev–Trinajstić information content (AvgIpc) is 2.45. The van der Waals surface area contributed by atoms with Crippen molar-refractivity contribution in [2.45, 2.75) is 25.3 Å². The van der Waals surface area contributed by atoms with E-state index in [0.29, 0.717) is 0 Å². The van der Waals surface area contributed by atoms with Gasteiger partial charge in [0, 0.05) is 6.04 Å². The van der Waals surface area contributed by atoms with Crippen molar-refractivity contribution in [2.24, 2.45) is 0 Å². The van der Waals surface area contributed by atoms with Crippen LogP contribution < -0.4 is 4.72 Å². The molecule has 1 aliphatic heterocycles. The van der Waals surface area contributed by atoms with Crippen LogP contribution in [0.3, 0.4) is 0 Å². The van der Waals surface area contributed by atoms with E-state index in [1.54, 1.807) is 0 Å². The van der Waals surface area contributed by atoms with Crippen molar-refractivity contribution >= 4 is 16.3 Å². The van der Waals surface area contributed by atoms with Crippen molar-refractivity contribution in [3.8, 4) is 0 Å². The molecule has 0 unspecified atom stereocenters. The maximum atomic E-state index is 11.6. The molecule has 0 aromatic carbocycles. The van der Waals surface area contributed by atoms with E-state index in [-0.39, 0.29) is 19.2 Å². The van der Waals surface area contributed by atoms with E-state index in [9.17, 15) is 13.2 Å². The number of nitrogens with one attached hydrogen (secondary N) is 1. The zero-order valence-corrected chi connectivity index (χ0v) is 8.42. The normalized spacial score (nSPS) is 23.4. The van der Waals surface area contributed by atoms with Gasteiger partial charge in [-0.2, -0.15) is 17.4 Å². The van der Waals surface area contributed by atoms with Crippen LogP contribution in [0.1, 0.15) is 19.3 Å². The first-order valence-corrected chi connectivity index (χ1v) is 6.00. The molecule has 0 aromatic heterocycles. The first-order valence-electron chi connectivity index (χ1n) is 4.56. The summed E-state index contributed by atoms with van der Waals surface area (Å²) in [4.78, 5) is 11.0. The van der Waals surface area contributed by atoms with Crippen LogP contribution in [0, 0.1) is 0 Å². The molecule has 0 bridgehead atoms. The maximum absolute atomic E-state index is 11.6. The van der Waals surface area contributed by atoms with Gasteiger partial charge in [0.2, 0.25) is 0 Å². The molecular weight excluding hydrogens is 208 g/mol. The Bertz CT molecular complexity index is 336. The average molecular weight is 220 g/mol. The number of carbonyl (C=O) groups excluding carboxylic acids is 1. The van der Waals surface area contributed by atoms with Crippen molar-refractivity contribution in [1.82, 2.24) is 9.03 Å². The minimum absolute atomic E-state index is 0.00611. The summed E-state index contributed by atoms with van der Waals surface area (Å²) < 4.78 is 30.9. The van der Waals surface area contributed by atoms with Gasteiger partial charge >= 0.3 is 16.3 Å². The molecule has 1 N–H and O–H groups in total. The Morgan fingerprint density at radius 2 is 2.14 bits per heavy atom. The molecule has 6 nitrogen and oxygen atoms in total. The Kier molecular flexibility index (Phi) is 2.36. The first-order chi connectivity index (χ1) is 6.59. The number of amides is 1. The summed E-state index contributed by atoms with van der Waals surface area (Å²) in [6.07, 6.45) is 1.96. The Labute approximate surface area is 82.4 Å². The fourth-order valence-electron chi connectivity index (χ4n) is 1.40. The summed E-state index contributed by atoms with van der Waals surface area (Å²) in [5, 5.41) is 0. The number of cyclic esters (lactones) is 1. The van der Waals surface area contributed by atoms with Gasteiger partial charge in [-0.05, 0) is 12.8 Å². The third-order valence-electron chi connectivity index (χ3n) is 2.43. The summed E-state index contributed by atoms with van der Waals surface area (Å²) in [6.45, 7) is 0.255. The molecule has 80 valence electrons. The zero-order valence-electron chi connectivity index (χ0n) is 7.60. The van der Waals surface area contributed by atoms with Crippen LogP contribution in [-0.2, 0) is 14.9 Å². The van der Waals surface area contributed by atoms with Gasteiger partial charge in [-0.15, -0.1) is 0 Å². The fourth-order valence-corrected chi connectivity index (χ4v) is 2.75. The van der Waals surface area contributed by atoms with E-state index < -0.39 is 16.3 Å². The molecule has 0 aromatic rings. The van der Waals surface area contributed by atoms with Crippen molar-refractivity contribution in [3.63, 3.8) is 0 Å². The quantitative estimate of drug-likeness (QED) is 0.716. The van der Waals surface area contributed by atoms with E-state index in [0.717, 1.165) is 23.6 Å². The van der Waals surface area contributed by atoms with E-state index in [4.69, 9.17) is 0 Å². The molecule has 0 radical (unpaired) electrons. The lowest BCUT2D eigenvalue weighted by atomic mass is 9.94.